The maximum absolute atomic E-state index is 12.6. The van der Waals surface area contributed by atoms with Gasteiger partial charge in [0.15, 0.2) is 11.4 Å². The molecule has 1 heterocycles. The van der Waals surface area contributed by atoms with E-state index in [1.807, 2.05) is 0 Å². The smallest absolute Gasteiger partial charge is 0.480 e. The SMILES string of the molecule is COCC1(C)C=C(OS(=O)(=O)C(F)(F)F)c2cc(C)ccc2O1. The van der Waals surface area contributed by atoms with Gasteiger partial charge in [0, 0.05) is 13.2 Å². The van der Waals surface area contributed by atoms with Crippen LogP contribution in [-0.4, -0.2) is 33.2 Å². The molecule has 0 radical (unpaired) electrons. The highest BCUT2D eigenvalue weighted by Gasteiger charge is 2.49. The van der Waals surface area contributed by atoms with Crippen molar-refractivity contribution in [3.05, 3.63) is 35.4 Å². The summed E-state index contributed by atoms with van der Waals surface area (Å²) in [6, 6.07) is 4.71. The molecule has 1 aromatic rings. The molecule has 128 valence electrons. The Kier molecular flexibility index (Phi) is 4.38. The number of aryl methyl sites for hydroxylation is 1. The molecule has 1 aliphatic rings. The molecule has 0 spiro atoms. The van der Waals surface area contributed by atoms with E-state index in [1.165, 1.54) is 25.3 Å². The molecule has 0 bridgehead atoms. The van der Waals surface area contributed by atoms with Crippen LogP contribution in [0, 0.1) is 6.92 Å². The molecule has 23 heavy (non-hydrogen) atoms. The van der Waals surface area contributed by atoms with Crippen molar-refractivity contribution >= 4 is 15.9 Å². The molecule has 0 amide bonds. The van der Waals surface area contributed by atoms with Crippen molar-refractivity contribution in [2.75, 3.05) is 13.7 Å². The highest BCUT2D eigenvalue weighted by Crippen LogP contribution is 2.40. The van der Waals surface area contributed by atoms with E-state index in [2.05, 4.69) is 4.18 Å². The second-order valence-electron chi connectivity index (χ2n) is 5.34. The molecular formula is C14H15F3O5S. The molecule has 0 N–H and O–H groups in total. The Hall–Kier alpha value is -1.74. The second kappa shape index (κ2) is 5.72. The molecule has 9 heteroatoms. The third kappa shape index (κ3) is 3.61. The molecule has 0 aromatic heterocycles. The van der Waals surface area contributed by atoms with Gasteiger partial charge in [-0.1, -0.05) is 11.6 Å². The first-order valence-corrected chi connectivity index (χ1v) is 7.91. The van der Waals surface area contributed by atoms with E-state index in [9.17, 15) is 21.6 Å². The summed E-state index contributed by atoms with van der Waals surface area (Å²) in [6.07, 6.45) is 1.17. The van der Waals surface area contributed by atoms with Crippen LogP contribution < -0.4 is 4.74 Å². The van der Waals surface area contributed by atoms with Gasteiger partial charge in [-0.15, -0.1) is 0 Å². The lowest BCUT2D eigenvalue weighted by Crippen LogP contribution is -2.38. The van der Waals surface area contributed by atoms with Gasteiger partial charge >= 0.3 is 15.6 Å². The zero-order valence-corrected chi connectivity index (χ0v) is 13.4. The van der Waals surface area contributed by atoms with Crippen LogP contribution in [0.5, 0.6) is 5.75 Å². The average Bonchev–Trinajstić information content (AvgIpc) is 2.38. The zero-order chi connectivity index (χ0) is 17.5. The lowest BCUT2D eigenvalue weighted by Gasteiger charge is -2.33. The van der Waals surface area contributed by atoms with Gasteiger partial charge in [0.25, 0.3) is 0 Å². The summed E-state index contributed by atoms with van der Waals surface area (Å²) in [5.74, 6) is -0.225. The van der Waals surface area contributed by atoms with Gasteiger partial charge in [-0.25, -0.2) is 0 Å². The van der Waals surface area contributed by atoms with E-state index in [0.29, 0.717) is 5.56 Å². The van der Waals surface area contributed by atoms with Crippen molar-refractivity contribution in [1.29, 1.82) is 0 Å². The molecule has 0 aliphatic carbocycles. The van der Waals surface area contributed by atoms with Crippen LogP contribution >= 0.6 is 0 Å². The summed E-state index contributed by atoms with van der Waals surface area (Å²) in [4.78, 5) is 0. The minimum absolute atomic E-state index is 0.000752. The standard InChI is InChI=1S/C14H15F3O5S/c1-9-4-5-11-10(6-9)12(7-13(2,21-11)8-20-3)22-23(18,19)14(15,16)17/h4-7H,8H2,1-3H3. The van der Waals surface area contributed by atoms with Crippen LogP contribution in [0.3, 0.4) is 0 Å². The Bertz CT molecular complexity index is 739. The Balaban J connectivity index is 2.53. The van der Waals surface area contributed by atoms with Gasteiger partial charge in [-0.05, 0) is 26.0 Å². The topological polar surface area (TPSA) is 61.8 Å². The molecule has 1 aliphatic heterocycles. The molecule has 2 rings (SSSR count). The van der Waals surface area contributed by atoms with Gasteiger partial charge in [-0.2, -0.15) is 21.6 Å². The summed E-state index contributed by atoms with van der Waals surface area (Å²) < 4.78 is 75.4. The van der Waals surface area contributed by atoms with Crippen molar-refractivity contribution in [2.24, 2.45) is 0 Å². The fraction of sp³-hybridized carbons (Fsp3) is 0.429. The predicted octanol–water partition coefficient (Wildman–Crippen LogP) is 3.00. The number of hydrogen-bond donors (Lipinski definition) is 0. The van der Waals surface area contributed by atoms with Gasteiger partial charge in [0.1, 0.15) is 5.75 Å². The Morgan fingerprint density at radius 2 is 1.96 bits per heavy atom. The van der Waals surface area contributed by atoms with Crippen LogP contribution in [0.15, 0.2) is 24.3 Å². The third-order valence-corrected chi connectivity index (χ3v) is 4.06. The number of fused-ring (bicyclic) bond motifs is 1. The summed E-state index contributed by atoms with van der Waals surface area (Å²) in [6.45, 7) is 3.25. The molecule has 1 aromatic carbocycles. The van der Waals surface area contributed by atoms with Crippen molar-refractivity contribution in [3.8, 4) is 5.75 Å². The van der Waals surface area contributed by atoms with Crippen LogP contribution in [0.2, 0.25) is 0 Å². The van der Waals surface area contributed by atoms with Crippen molar-refractivity contribution in [3.63, 3.8) is 0 Å². The minimum atomic E-state index is -5.78. The van der Waals surface area contributed by atoms with Crippen LogP contribution in [0.25, 0.3) is 5.76 Å². The minimum Gasteiger partial charge on any atom is -0.480 e. The number of hydrogen-bond acceptors (Lipinski definition) is 5. The number of methoxy groups -OCH3 is 1. The zero-order valence-electron chi connectivity index (χ0n) is 12.6. The molecule has 1 unspecified atom stereocenters. The van der Waals surface area contributed by atoms with Gasteiger partial charge in [0.2, 0.25) is 0 Å². The normalized spacial score (nSPS) is 21.2. The lowest BCUT2D eigenvalue weighted by molar-refractivity contribution is -0.0511. The number of rotatable bonds is 4. The lowest BCUT2D eigenvalue weighted by atomic mass is 9.98. The van der Waals surface area contributed by atoms with Crippen LogP contribution in [0.1, 0.15) is 18.1 Å². The molecular weight excluding hydrogens is 337 g/mol. The van der Waals surface area contributed by atoms with E-state index in [-0.39, 0.29) is 17.9 Å². The van der Waals surface area contributed by atoms with Gasteiger partial charge in [-0.3, -0.25) is 0 Å². The largest absolute Gasteiger partial charge is 0.534 e. The van der Waals surface area contributed by atoms with E-state index in [4.69, 9.17) is 9.47 Å². The predicted molar refractivity (Wildman–Crippen MR) is 76.1 cm³/mol. The van der Waals surface area contributed by atoms with Crippen LogP contribution in [0.4, 0.5) is 13.2 Å². The summed E-state index contributed by atoms with van der Waals surface area (Å²) in [7, 11) is -4.39. The Labute approximate surface area is 131 Å². The fourth-order valence-electron chi connectivity index (χ4n) is 2.15. The van der Waals surface area contributed by atoms with Crippen molar-refractivity contribution < 1.29 is 35.2 Å². The fourth-order valence-corrected chi connectivity index (χ4v) is 2.62. The molecule has 0 saturated heterocycles. The van der Waals surface area contributed by atoms with Gasteiger partial charge < -0.3 is 13.7 Å². The first kappa shape index (κ1) is 17.6. The highest BCUT2D eigenvalue weighted by atomic mass is 32.2. The van der Waals surface area contributed by atoms with Crippen molar-refractivity contribution in [2.45, 2.75) is 25.0 Å². The third-order valence-electron chi connectivity index (χ3n) is 3.09. The molecule has 0 fully saturated rings. The maximum Gasteiger partial charge on any atom is 0.534 e. The first-order chi connectivity index (χ1) is 10.5. The molecule has 0 saturated carbocycles. The number of halogens is 3. The van der Waals surface area contributed by atoms with E-state index >= 15 is 0 Å². The van der Waals surface area contributed by atoms with Crippen LogP contribution in [-0.2, 0) is 19.0 Å². The van der Waals surface area contributed by atoms with Gasteiger partial charge in [0.05, 0.1) is 12.2 Å². The maximum atomic E-state index is 12.6. The highest BCUT2D eigenvalue weighted by molar-refractivity contribution is 7.87. The molecule has 5 nitrogen and oxygen atoms in total. The molecule has 1 atom stereocenters. The number of benzene rings is 1. The monoisotopic (exact) mass is 352 g/mol. The Morgan fingerprint density at radius 1 is 1.30 bits per heavy atom. The van der Waals surface area contributed by atoms with Crippen molar-refractivity contribution in [1.82, 2.24) is 0 Å². The van der Waals surface area contributed by atoms with E-state index in [1.54, 1.807) is 19.9 Å². The quantitative estimate of drug-likeness (QED) is 0.616. The average molecular weight is 352 g/mol. The van der Waals surface area contributed by atoms with E-state index in [0.717, 1.165) is 0 Å². The van der Waals surface area contributed by atoms with E-state index < -0.39 is 27.0 Å². The number of ether oxygens (including phenoxy) is 2. The summed E-state index contributed by atoms with van der Waals surface area (Å²) in [5.41, 5.74) is -5.84. The number of alkyl halides is 3. The first-order valence-electron chi connectivity index (χ1n) is 6.50. The summed E-state index contributed by atoms with van der Waals surface area (Å²) in [5, 5.41) is 0. The summed E-state index contributed by atoms with van der Waals surface area (Å²) >= 11 is 0. The second-order valence-corrected chi connectivity index (χ2v) is 6.88. The Morgan fingerprint density at radius 3 is 2.52 bits per heavy atom.